The second-order valence-electron chi connectivity index (χ2n) is 14.8. The van der Waals surface area contributed by atoms with E-state index < -0.39 is 13.3 Å². The summed E-state index contributed by atoms with van der Waals surface area (Å²) in [6.45, 7) is 0. The molecule has 3 nitrogen and oxygen atoms in total. The number of thiophene rings is 1. The van der Waals surface area contributed by atoms with E-state index in [1.165, 1.54) is 65.1 Å². The SMILES string of the molecule is c1ccc(-c2nc(-c3ccccc3)[c]3c(n2)-c2ccc(-n4c5ccccc5c5c6c(ccc54)sc4ccccc46)c[c]2[Ge]3([c]2ccccc2)[c]2ccccc2)cc1. The predicted molar refractivity (Wildman–Crippen MR) is 243 cm³/mol. The number of rotatable bonds is 5. The first-order valence-corrected chi connectivity index (χ1v) is 24.4. The number of hydrogen-bond donors (Lipinski definition) is 0. The molecule has 57 heavy (non-hydrogen) atoms. The zero-order valence-electron chi connectivity index (χ0n) is 30.8. The fraction of sp³-hybridized carbons (Fsp3) is 0. The number of benzene rings is 8. The zero-order valence-corrected chi connectivity index (χ0v) is 33.7. The molecule has 0 radical (unpaired) electrons. The molecule has 0 unspecified atom stereocenters. The third-order valence-corrected chi connectivity index (χ3v) is 23.2. The van der Waals surface area contributed by atoms with Gasteiger partial charge in [-0.25, -0.2) is 0 Å². The molecule has 0 atom stereocenters. The molecule has 8 aromatic carbocycles. The Labute approximate surface area is 336 Å². The van der Waals surface area contributed by atoms with Crippen LogP contribution in [0.4, 0.5) is 0 Å². The Kier molecular flexibility index (Phi) is 7.28. The molecule has 0 bridgehead atoms. The molecule has 3 aromatic heterocycles. The van der Waals surface area contributed by atoms with E-state index in [0.29, 0.717) is 0 Å². The van der Waals surface area contributed by atoms with Gasteiger partial charge in [0.2, 0.25) is 0 Å². The second kappa shape index (κ2) is 12.7. The molecule has 0 spiro atoms. The molecule has 4 heterocycles. The summed E-state index contributed by atoms with van der Waals surface area (Å²) >= 11 is -2.00. The van der Waals surface area contributed by atoms with Gasteiger partial charge in [0.1, 0.15) is 0 Å². The van der Waals surface area contributed by atoms with Gasteiger partial charge in [-0.05, 0) is 0 Å². The summed E-state index contributed by atoms with van der Waals surface area (Å²) in [5.41, 5.74) is 8.97. The van der Waals surface area contributed by atoms with Gasteiger partial charge in [-0.2, -0.15) is 0 Å². The monoisotopic (exact) mass is 805 g/mol. The molecule has 0 aliphatic carbocycles. The van der Waals surface area contributed by atoms with Gasteiger partial charge in [0.25, 0.3) is 0 Å². The topological polar surface area (TPSA) is 30.7 Å². The summed E-state index contributed by atoms with van der Waals surface area (Å²) < 4.78 is 10.5. The maximum atomic E-state index is 5.58. The molecule has 1 aliphatic heterocycles. The molecular weight excluding hydrogens is 771 g/mol. The molecule has 0 saturated carbocycles. The summed E-state index contributed by atoms with van der Waals surface area (Å²) in [5, 5.41) is 5.24. The summed E-state index contributed by atoms with van der Waals surface area (Å²) in [5.74, 6) is 0.747. The van der Waals surface area contributed by atoms with Crippen LogP contribution in [0.25, 0.3) is 81.6 Å². The van der Waals surface area contributed by atoms with Crippen molar-refractivity contribution in [3.63, 3.8) is 0 Å². The molecule has 0 amide bonds. The summed E-state index contributed by atoms with van der Waals surface area (Å²) in [6, 6.07) is 73.4. The average molecular weight is 805 g/mol. The van der Waals surface area contributed by atoms with Crippen LogP contribution in [0.5, 0.6) is 0 Å². The number of aromatic nitrogens is 3. The van der Waals surface area contributed by atoms with Crippen molar-refractivity contribution < 1.29 is 0 Å². The van der Waals surface area contributed by atoms with Crippen LogP contribution in [0.15, 0.2) is 200 Å². The van der Waals surface area contributed by atoms with Crippen LogP contribution in [-0.4, -0.2) is 27.8 Å². The second-order valence-corrected chi connectivity index (χ2v) is 23.7. The van der Waals surface area contributed by atoms with Crippen molar-refractivity contribution in [2.75, 3.05) is 0 Å². The standard InChI is InChI=1S/C52H33GeN3S/c1-5-17-34(18-6-1)50-49-51(55-52(54-50)35-19-7-2-8-20-35)39-30-29-38(33-42(39)53(49,36-21-9-3-10-22-36)37-23-11-4-12-24-37)56-43-27-15-13-25-40(43)47-44(56)31-32-46-48(47)41-26-14-16-28-45(41)57-46/h1-33H. The molecule has 266 valence electrons. The Morgan fingerprint density at radius 1 is 0.439 bits per heavy atom. The van der Waals surface area contributed by atoms with Gasteiger partial charge in [-0.15, -0.1) is 0 Å². The molecule has 1 aliphatic rings. The Hall–Kier alpha value is -6.60. The van der Waals surface area contributed by atoms with Crippen molar-refractivity contribution >= 4 is 84.2 Å². The van der Waals surface area contributed by atoms with E-state index in [9.17, 15) is 0 Å². The quantitative estimate of drug-likeness (QED) is 0.162. The molecule has 5 heteroatoms. The minimum absolute atomic E-state index is 0.747. The Balaban J connectivity index is 1.23. The van der Waals surface area contributed by atoms with E-state index in [-0.39, 0.29) is 0 Å². The van der Waals surface area contributed by atoms with Crippen molar-refractivity contribution in [1.82, 2.24) is 14.5 Å². The van der Waals surface area contributed by atoms with E-state index in [1.54, 1.807) is 0 Å². The van der Waals surface area contributed by atoms with Crippen molar-refractivity contribution in [1.29, 1.82) is 0 Å². The van der Waals surface area contributed by atoms with Crippen molar-refractivity contribution in [3.8, 4) is 39.6 Å². The number of hydrogen-bond acceptors (Lipinski definition) is 3. The molecule has 11 aromatic rings. The van der Waals surface area contributed by atoms with E-state index in [0.717, 1.165) is 34.0 Å². The van der Waals surface area contributed by atoms with Gasteiger partial charge in [-0.1, -0.05) is 0 Å². The third kappa shape index (κ3) is 4.72. The number of para-hydroxylation sites is 1. The molecule has 0 saturated heterocycles. The van der Waals surface area contributed by atoms with Gasteiger partial charge in [0.05, 0.1) is 0 Å². The molecular formula is C52H33GeN3S. The van der Waals surface area contributed by atoms with Crippen molar-refractivity contribution in [2.45, 2.75) is 0 Å². The summed E-state index contributed by atoms with van der Waals surface area (Å²) in [7, 11) is 0. The van der Waals surface area contributed by atoms with E-state index in [2.05, 4.69) is 205 Å². The first-order chi connectivity index (χ1) is 28.3. The van der Waals surface area contributed by atoms with Crippen LogP contribution < -0.4 is 17.6 Å². The van der Waals surface area contributed by atoms with E-state index >= 15 is 0 Å². The minimum atomic E-state index is -3.88. The van der Waals surface area contributed by atoms with Crippen LogP contribution in [-0.2, 0) is 0 Å². The van der Waals surface area contributed by atoms with Crippen LogP contribution >= 0.6 is 11.3 Å². The fourth-order valence-electron chi connectivity index (χ4n) is 9.55. The van der Waals surface area contributed by atoms with Gasteiger partial charge < -0.3 is 0 Å². The molecule has 12 rings (SSSR count). The van der Waals surface area contributed by atoms with E-state index in [1.807, 2.05) is 11.3 Å². The number of nitrogens with zero attached hydrogens (tertiary/aromatic N) is 3. The third-order valence-electron chi connectivity index (χ3n) is 11.9. The van der Waals surface area contributed by atoms with Crippen molar-refractivity contribution in [2.24, 2.45) is 0 Å². The predicted octanol–water partition coefficient (Wildman–Crippen LogP) is 10.6. The Morgan fingerprint density at radius 3 is 1.75 bits per heavy atom. The van der Waals surface area contributed by atoms with Crippen LogP contribution in [0.2, 0.25) is 0 Å². The normalized spacial score (nSPS) is 13.1. The van der Waals surface area contributed by atoms with Crippen LogP contribution in [0.1, 0.15) is 0 Å². The maximum absolute atomic E-state index is 5.58. The van der Waals surface area contributed by atoms with Gasteiger partial charge >= 0.3 is 338 Å². The van der Waals surface area contributed by atoms with Crippen LogP contribution in [0, 0.1) is 0 Å². The van der Waals surface area contributed by atoms with Gasteiger partial charge in [0.15, 0.2) is 0 Å². The first-order valence-electron chi connectivity index (χ1n) is 19.4. The van der Waals surface area contributed by atoms with Crippen LogP contribution in [0.3, 0.4) is 0 Å². The first kappa shape index (κ1) is 32.6. The van der Waals surface area contributed by atoms with Gasteiger partial charge in [0, 0.05) is 0 Å². The zero-order chi connectivity index (χ0) is 37.5. The van der Waals surface area contributed by atoms with Crippen molar-refractivity contribution in [3.05, 3.63) is 200 Å². The Morgan fingerprint density at radius 2 is 1.04 bits per heavy atom. The average Bonchev–Trinajstić information content (AvgIpc) is 3.93. The summed E-state index contributed by atoms with van der Waals surface area (Å²) in [6.07, 6.45) is 0. The van der Waals surface area contributed by atoms with Gasteiger partial charge in [-0.3, -0.25) is 0 Å². The van der Waals surface area contributed by atoms with E-state index in [4.69, 9.17) is 9.97 Å². The Bertz CT molecular complexity index is 3300. The number of fused-ring (bicyclic) bond motifs is 10. The molecule has 0 fully saturated rings. The molecule has 0 N–H and O–H groups in total. The summed E-state index contributed by atoms with van der Waals surface area (Å²) in [4.78, 5) is 11.1. The fourth-order valence-corrected chi connectivity index (χ4v) is 21.7.